The molecule has 1 aromatic rings. The van der Waals surface area contributed by atoms with Crippen LogP contribution in [0, 0.1) is 13.8 Å². The molecule has 0 unspecified atom stereocenters. The number of hydrogen-bond donors (Lipinski definition) is 1. The highest BCUT2D eigenvalue weighted by atomic mass is 32.2. The Bertz CT molecular complexity index is 513. The van der Waals surface area contributed by atoms with E-state index >= 15 is 0 Å². The first-order valence-electron chi connectivity index (χ1n) is 6.10. The Kier molecular flexibility index (Phi) is 4.40. The van der Waals surface area contributed by atoms with Crippen molar-refractivity contribution in [2.24, 2.45) is 0 Å². The number of rotatable bonds is 4. The molecule has 0 aliphatic carbocycles. The van der Waals surface area contributed by atoms with Crippen molar-refractivity contribution in [3.8, 4) is 0 Å². The zero-order valence-corrected chi connectivity index (χ0v) is 12.5. The maximum atomic E-state index is 12.5. The fourth-order valence-electron chi connectivity index (χ4n) is 1.95. The molecule has 0 atom stereocenters. The highest BCUT2D eigenvalue weighted by molar-refractivity contribution is 7.89. The lowest BCUT2D eigenvalue weighted by atomic mass is 10.1. The van der Waals surface area contributed by atoms with Crippen molar-refractivity contribution in [2.45, 2.75) is 45.6 Å². The van der Waals surface area contributed by atoms with Crippen molar-refractivity contribution in [1.82, 2.24) is 4.31 Å². The van der Waals surface area contributed by atoms with Gasteiger partial charge in [-0.25, -0.2) is 8.42 Å². The Morgan fingerprint density at radius 2 is 1.83 bits per heavy atom. The molecule has 0 amide bonds. The lowest BCUT2D eigenvalue weighted by Crippen LogP contribution is -2.36. The Hall–Kier alpha value is -1.07. The zero-order valence-electron chi connectivity index (χ0n) is 11.7. The maximum absolute atomic E-state index is 12.5. The van der Waals surface area contributed by atoms with Crippen molar-refractivity contribution in [2.75, 3.05) is 12.3 Å². The van der Waals surface area contributed by atoms with Crippen molar-refractivity contribution >= 4 is 15.7 Å². The second-order valence-corrected chi connectivity index (χ2v) is 6.65. The minimum absolute atomic E-state index is 0.0668. The quantitative estimate of drug-likeness (QED) is 0.854. The molecule has 0 radical (unpaired) electrons. The van der Waals surface area contributed by atoms with Crippen molar-refractivity contribution in [1.29, 1.82) is 0 Å². The molecule has 1 rings (SSSR count). The predicted octanol–water partition coefficient (Wildman–Crippen LogP) is 2.30. The zero-order chi connectivity index (χ0) is 14.1. The molecule has 0 saturated heterocycles. The van der Waals surface area contributed by atoms with Crippen molar-refractivity contribution < 1.29 is 8.42 Å². The molecule has 0 spiro atoms. The molecular weight excluding hydrogens is 248 g/mol. The summed E-state index contributed by atoms with van der Waals surface area (Å²) < 4.78 is 26.5. The van der Waals surface area contributed by atoms with E-state index in [9.17, 15) is 8.42 Å². The van der Waals surface area contributed by atoms with Crippen LogP contribution < -0.4 is 5.73 Å². The van der Waals surface area contributed by atoms with Gasteiger partial charge in [-0.15, -0.1) is 0 Å². The third kappa shape index (κ3) is 2.67. The maximum Gasteiger partial charge on any atom is 0.243 e. The SMILES string of the molecule is CCN(C(C)C)S(=O)(=O)c1cc(C)c(C)c(N)c1. The lowest BCUT2D eigenvalue weighted by Gasteiger charge is -2.25. The van der Waals surface area contributed by atoms with Gasteiger partial charge in [-0.3, -0.25) is 0 Å². The molecule has 0 saturated carbocycles. The summed E-state index contributed by atoms with van der Waals surface area (Å²) >= 11 is 0. The summed E-state index contributed by atoms with van der Waals surface area (Å²) in [6.45, 7) is 9.78. The van der Waals surface area contributed by atoms with Gasteiger partial charge in [0.25, 0.3) is 0 Å². The number of hydrogen-bond acceptors (Lipinski definition) is 3. The fraction of sp³-hybridized carbons (Fsp3) is 0.538. The molecule has 0 aliphatic heterocycles. The van der Waals surface area contributed by atoms with Gasteiger partial charge in [0.2, 0.25) is 10.0 Å². The van der Waals surface area contributed by atoms with E-state index in [1.807, 2.05) is 34.6 Å². The summed E-state index contributed by atoms with van der Waals surface area (Å²) in [5, 5.41) is 0. The average Bonchev–Trinajstić information content (AvgIpc) is 2.25. The smallest absolute Gasteiger partial charge is 0.243 e. The molecular formula is C13H22N2O2S. The normalized spacial score (nSPS) is 12.4. The largest absolute Gasteiger partial charge is 0.398 e. The average molecular weight is 270 g/mol. The van der Waals surface area contributed by atoms with E-state index in [0.717, 1.165) is 11.1 Å². The van der Waals surface area contributed by atoms with Crippen LogP contribution in [-0.4, -0.2) is 25.3 Å². The van der Waals surface area contributed by atoms with Crippen LogP contribution in [0.4, 0.5) is 5.69 Å². The summed E-state index contributed by atoms with van der Waals surface area (Å²) in [6, 6.07) is 3.16. The molecule has 0 heterocycles. The fourth-order valence-corrected chi connectivity index (χ4v) is 3.72. The number of nitrogens with zero attached hydrogens (tertiary/aromatic N) is 1. The van der Waals surface area contributed by atoms with Crippen LogP contribution in [0.1, 0.15) is 31.9 Å². The van der Waals surface area contributed by atoms with E-state index in [-0.39, 0.29) is 10.9 Å². The molecule has 0 bridgehead atoms. The minimum atomic E-state index is -3.46. The van der Waals surface area contributed by atoms with Gasteiger partial charge < -0.3 is 5.73 Å². The van der Waals surface area contributed by atoms with E-state index < -0.39 is 10.0 Å². The molecule has 18 heavy (non-hydrogen) atoms. The van der Waals surface area contributed by atoms with Gasteiger partial charge >= 0.3 is 0 Å². The monoisotopic (exact) mass is 270 g/mol. The van der Waals surface area contributed by atoms with Gasteiger partial charge in [0, 0.05) is 18.3 Å². The first-order chi connectivity index (χ1) is 8.21. The van der Waals surface area contributed by atoms with Gasteiger partial charge in [-0.2, -0.15) is 4.31 Å². The van der Waals surface area contributed by atoms with E-state index in [4.69, 9.17) is 5.73 Å². The summed E-state index contributed by atoms with van der Waals surface area (Å²) in [4.78, 5) is 0.277. The summed E-state index contributed by atoms with van der Waals surface area (Å²) in [5.41, 5.74) is 8.20. The molecule has 2 N–H and O–H groups in total. The van der Waals surface area contributed by atoms with Crippen LogP contribution in [-0.2, 0) is 10.0 Å². The number of nitrogens with two attached hydrogens (primary N) is 1. The molecule has 0 aromatic heterocycles. The van der Waals surface area contributed by atoms with E-state index in [1.165, 1.54) is 4.31 Å². The van der Waals surface area contributed by atoms with Crippen LogP contribution in [0.5, 0.6) is 0 Å². The first kappa shape index (κ1) is 15.0. The van der Waals surface area contributed by atoms with Crippen molar-refractivity contribution in [3.63, 3.8) is 0 Å². The molecule has 0 aliphatic rings. The third-order valence-corrected chi connectivity index (χ3v) is 5.30. The molecule has 102 valence electrons. The molecule has 1 aromatic carbocycles. The van der Waals surface area contributed by atoms with Gasteiger partial charge in [0.1, 0.15) is 0 Å². The van der Waals surface area contributed by atoms with E-state index in [1.54, 1.807) is 12.1 Å². The Balaban J connectivity index is 3.37. The summed E-state index contributed by atoms with van der Waals surface area (Å²) in [5.74, 6) is 0. The lowest BCUT2D eigenvalue weighted by molar-refractivity contribution is 0.369. The van der Waals surface area contributed by atoms with Crippen LogP contribution in [0.2, 0.25) is 0 Å². The van der Waals surface area contributed by atoms with E-state index in [0.29, 0.717) is 12.2 Å². The predicted molar refractivity (Wildman–Crippen MR) is 75.0 cm³/mol. The number of anilines is 1. The number of nitrogen functional groups attached to an aromatic ring is 1. The van der Waals surface area contributed by atoms with Crippen LogP contribution in [0.15, 0.2) is 17.0 Å². The number of sulfonamides is 1. The van der Waals surface area contributed by atoms with Gasteiger partial charge in [-0.1, -0.05) is 6.92 Å². The minimum Gasteiger partial charge on any atom is -0.398 e. The highest BCUT2D eigenvalue weighted by Gasteiger charge is 2.26. The Morgan fingerprint density at radius 1 is 1.28 bits per heavy atom. The second kappa shape index (κ2) is 5.28. The number of benzene rings is 1. The summed E-state index contributed by atoms with van der Waals surface area (Å²) in [6.07, 6.45) is 0. The Morgan fingerprint density at radius 3 is 2.22 bits per heavy atom. The van der Waals surface area contributed by atoms with Crippen LogP contribution >= 0.6 is 0 Å². The molecule has 5 heteroatoms. The second-order valence-electron chi connectivity index (χ2n) is 4.76. The molecule has 4 nitrogen and oxygen atoms in total. The van der Waals surface area contributed by atoms with Gasteiger partial charge in [0.15, 0.2) is 0 Å². The third-order valence-electron chi connectivity index (χ3n) is 3.18. The first-order valence-corrected chi connectivity index (χ1v) is 7.54. The van der Waals surface area contributed by atoms with E-state index in [2.05, 4.69) is 0 Å². The van der Waals surface area contributed by atoms with Gasteiger partial charge in [-0.05, 0) is 51.0 Å². The molecule has 0 fully saturated rings. The Labute approximate surface area is 110 Å². The van der Waals surface area contributed by atoms with Gasteiger partial charge in [0.05, 0.1) is 4.90 Å². The topological polar surface area (TPSA) is 63.4 Å². The summed E-state index contributed by atoms with van der Waals surface area (Å²) in [7, 11) is -3.46. The van der Waals surface area contributed by atoms with Crippen LogP contribution in [0.3, 0.4) is 0 Å². The van der Waals surface area contributed by atoms with Crippen LogP contribution in [0.25, 0.3) is 0 Å². The number of aryl methyl sites for hydroxylation is 1. The highest BCUT2D eigenvalue weighted by Crippen LogP contribution is 2.25. The standard InChI is InChI=1S/C13H22N2O2S/c1-6-15(9(2)3)18(16,17)12-7-10(4)11(5)13(14)8-12/h7-9H,6,14H2,1-5H3. The van der Waals surface area contributed by atoms with Crippen molar-refractivity contribution in [3.05, 3.63) is 23.3 Å².